The lowest BCUT2D eigenvalue weighted by Gasteiger charge is -2.33. The Morgan fingerprint density at radius 3 is 2.52 bits per heavy atom. The van der Waals surface area contributed by atoms with E-state index in [9.17, 15) is 4.79 Å². The Labute approximate surface area is 245 Å². The molecule has 2 aromatic carbocycles. The van der Waals surface area contributed by atoms with Crippen LogP contribution in [-0.2, 0) is 4.74 Å². The number of hydrogen-bond donors (Lipinski definition) is 1. The Bertz CT molecular complexity index is 1710. The Hall–Kier alpha value is -4.46. The number of fused-ring (bicyclic) bond motifs is 1. The molecular weight excluding hydrogens is 529 g/mol. The van der Waals surface area contributed by atoms with Crippen molar-refractivity contribution in [3.05, 3.63) is 96.2 Å². The van der Waals surface area contributed by atoms with Gasteiger partial charge in [-0.2, -0.15) is 5.10 Å². The van der Waals surface area contributed by atoms with E-state index in [4.69, 9.17) is 9.84 Å². The third-order valence-electron chi connectivity index (χ3n) is 8.01. The quantitative estimate of drug-likeness (QED) is 0.235. The van der Waals surface area contributed by atoms with Crippen molar-refractivity contribution in [2.45, 2.75) is 58.1 Å². The van der Waals surface area contributed by atoms with Crippen LogP contribution in [0.15, 0.2) is 79.3 Å². The number of amides is 1. The number of nitrogens with one attached hydrogen (secondary N) is 1. The molecule has 5 aromatic rings. The highest BCUT2D eigenvalue weighted by atomic mass is 19.1. The number of likely N-dealkylation sites (tertiary alicyclic amines) is 1. The van der Waals surface area contributed by atoms with Gasteiger partial charge in [-0.3, -0.25) is 4.68 Å². The van der Waals surface area contributed by atoms with Crippen LogP contribution in [-0.4, -0.2) is 49.4 Å². The van der Waals surface area contributed by atoms with Gasteiger partial charge in [-0.05, 0) is 81.3 Å². The van der Waals surface area contributed by atoms with Crippen molar-refractivity contribution in [1.82, 2.24) is 24.6 Å². The lowest BCUT2D eigenvalue weighted by Crippen LogP contribution is -2.41. The average molecular weight is 566 g/mol. The van der Waals surface area contributed by atoms with Crippen molar-refractivity contribution >= 4 is 17.1 Å². The number of aromatic nitrogens is 4. The molecule has 1 fully saturated rings. The molecule has 0 spiro atoms. The van der Waals surface area contributed by atoms with Crippen molar-refractivity contribution in [2.24, 2.45) is 0 Å². The van der Waals surface area contributed by atoms with Crippen LogP contribution in [0.3, 0.4) is 0 Å². The van der Waals surface area contributed by atoms with Gasteiger partial charge in [0.05, 0.1) is 11.7 Å². The van der Waals surface area contributed by atoms with Gasteiger partial charge in [-0.1, -0.05) is 42.5 Å². The zero-order chi connectivity index (χ0) is 29.4. The van der Waals surface area contributed by atoms with Crippen LogP contribution in [0.2, 0.25) is 0 Å². The highest BCUT2D eigenvalue weighted by Gasteiger charge is 2.28. The fourth-order valence-corrected chi connectivity index (χ4v) is 5.69. The largest absolute Gasteiger partial charge is 0.444 e. The average Bonchev–Trinajstić information content (AvgIpc) is 3.63. The molecule has 1 N–H and O–H groups in total. The number of aromatic amines is 1. The van der Waals surface area contributed by atoms with Gasteiger partial charge in [0.15, 0.2) is 0 Å². The maximum absolute atomic E-state index is 15.5. The number of rotatable bonds is 5. The SMILES string of the molecule is CC(c1ccccc1)n1ccc(-c2c[nH]c3ncc(-c4ccc(C5CCN(C(=O)OC(C)(C)C)CC5)c(F)c4)cc23)n1. The summed E-state index contributed by atoms with van der Waals surface area (Å²) >= 11 is 0. The van der Waals surface area contributed by atoms with Crippen LogP contribution in [0, 0.1) is 5.82 Å². The molecule has 0 aliphatic carbocycles. The van der Waals surface area contributed by atoms with E-state index < -0.39 is 5.60 Å². The Kier molecular flexibility index (Phi) is 7.31. The van der Waals surface area contributed by atoms with Gasteiger partial charge in [0.25, 0.3) is 0 Å². The molecule has 1 amide bonds. The predicted molar refractivity (Wildman–Crippen MR) is 163 cm³/mol. The van der Waals surface area contributed by atoms with Gasteiger partial charge >= 0.3 is 6.09 Å². The monoisotopic (exact) mass is 565 g/mol. The minimum Gasteiger partial charge on any atom is -0.444 e. The fraction of sp³-hybridized carbons (Fsp3) is 0.324. The second-order valence-corrected chi connectivity index (χ2v) is 12.1. The zero-order valence-electron chi connectivity index (χ0n) is 24.5. The molecule has 0 radical (unpaired) electrons. The second-order valence-electron chi connectivity index (χ2n) is 12.1. The molecular formula is C34H36FN5O2. The number of ether oxygens (including phenoxy) is 1. The third kappa shape index (κ3) is 5.66. The summed E-state index contributed by atoms with van der Waals surface area (Å²) in [6.07, 6.45) is 6.79. The van der Waals surface area contributed by atoms with E-state index in [1.165, 1.54) is 5.56 Å². The molecule has 1 unspecified atom stereocenters. The number of piperidine rings is 1. The van der Waals surface area contributed by atoms with E-state index in [1.807, 2.05) is 80.3 Å². The topological polar surface area (TPSA) is 76.0 Å². The number of carbonyl (C=O) groups excluding carboxylic acids is 1. The van der Waals surface area contributed by atoms with Crippen LogP contribution in [0.1, 0.15) is 63.6 Å². The Morgan fingerprint density at radius 1 is 1.05 bits per heavy atom. The number of benzene rings is 2. The predicted octanol–water partition coefficient (Wildman–Crippen LogP) is 7.96. The van der Waals surface area contributed by atoms with E-state index in [1.54, 1.807) is 17.2 Å². The number of carbonyl (C=O) groups is 1. The standard InChI is InChI=1S/C34H36FN5O2/c1-22(23-8-6-5-7-9-23)40-17-14-31(38-40)29-21-37-32-28(29)18-26(20-36-32)25-10-11-27(30(35)19-25)24-12-15-39(16-13-24)33(41)42-34(2,3)4/h5-11,14,17-22,24H,12-13,15-16H2,1-4H3,(H,36,37). The van der Waals surface area contributed by atoms with E-state index in [-0.39, 0.29) is 23.9 Å². The summed E-state index contributed by atoms with van der Waals surface area (Å²) in [6, 6.07) is 19.9. The molecule has 0 bridgehead atoms. The van der Waals surface area contributed by atoms with Crippen molar-refractivity contribution in [3.63, 3.8) is 0 Å². The molecule has 216 valence electrons. The molecule has 1 atom stereocenters. The molecule has 1 aliphatic heterocycles. The first-order valence-electron chi connectivity index (χ1n) is 14.5. The van der Waals surface area contributed by atoms with Gasteiger partial charge in [0.2, 0.25) is 0 Å². The number of halogens is 1. The number of H-pyrrole nitrogens is 1. The highest BCUT2D eigenvalue weighted by molar-refractivity contribution is 5.94. The normalized spacial score (nSPS) is 15.2. The van der Waals surface area contributed by atoms with Crippen molar-refractivity contribution < 1.29 is 13.9 Å². The molecule has 0 saturated carbocycles. The summed E-state index contributed by atoms with van der Waals surface area (Å²) in [7, 11) is 0. The zero-order valence-corrected chi connectivity index (χ0v) is 24.5. The van der Waals surface area contributed by atoms with Gasteiger partial charge in [-0.15, -0.1) is 0 Å². The maximum atomic E-state index is 15.5. The van der Waals surface area contributed by atoms with Gasteiger partial charge in [0.1, 0.15) is 17.1 Å². The summed E-state index contributed by atoms with van der Waals surface area (Å²) in [5.41, 5.74) is 5.52. The van der Waals surface area contributed by atoms with Crippen LogP contribution < -0.4 is 0 Å². The number of hydrogen-bond acceptors (Lipinski definition) is 4. The summed E-state index contributed by atoms with van der Waals surface area (Å²) in [5, 5.41) is 5.80. The molecule has 42 heavy (non-hydrogen) atoms. The van der Waals surface area contributed by atoms with Crippen LogP contribution in [0.4, 0.5) is 9.18 Å². The van der Waals surface area contributed by atoms with Gasteiger partial charge in [0, 0.05) is 48.2 Å². The molecule has 1 saturated heterocycles. The number of pyridine rings is 1. The molecule has 6 rings (SSSR count). The molecule has 8 heteroatoms. The number of nitrogens with zero attached hydrogens (tertiary/aromatic N) is 4. The van der Waals surface area contributed by atoms with Gasteiger partial charge in [-0.25, -0.2) is 14.2 Å². The van der Waals surface area contributed by atoms with Crippen LogP contribution >= 0.6 is 0 Å². The summed E-state index contributed by atoms with van der Waals surface area (Å²) < 4.78 is 22.9. The Morgan fingerprint density at radius 2 is 1.81 bits per heavy atom. The lowest BCUT2D eigenvalue weighted by atomic mass is 9.88. The summed E-state index contributed by atoms with van der Waals surface area (Å²) in [4.78, 5) is 22.0. The second kappa shape index (κ2) is 11.1. The third-order valence-corrected chi connectivity index (χ3v) is 8.01. The summed E-state index contributed by atoms with van der Waals surface area (Å²) in [6.45, 7) is 8.82. The van der Waals surface area contributed by atoms with Gasteiger partial charge < -0.3 is 14.6 Å². The van der Waals surface area contributed by atoms with Crippen LogP contribution in [0.5, 0.6) is 0 Å². The van der Waals surface area contributed by atoms with E-state index in [0.717, 1.165) is 33.4 Å². The van der Waals surface area contributed by atoms with Crippen molar-refractivity contribution in [3.8, 4) is 22.4 Å². The molecule has 3 aromatic heterocycles. The molecule has 4 heterocycles. The first-order valence-corrected chi connectivity index (χ1v) is 14.5. The molecule has 1 aliphatic rings. The highest BCUT2D eigenvalue weighted by Crippen LogP contribution is 2.35. The van der Waals surface area contributed by atoms with Crippen molar-refractivity contribution in [1.29, 1.82) is 0 Å². The van der Waals surface area contributed by atoms with E-state index in [2.05, 4.69) is 29.0 Å². The van der Waals surface area contributed by atoms with Crippen LogP contribution in [0.25, 0.3) is 33.4 Å². The smallest absolute Gasteiger partial charge is 0.410 e. The Balaban J connectivity index is 1.20. The fourth-order valence-electron chi connectivity index (χ4n) is 5.69. The lowest BCUT2D eigenvalue weighted by molar-refractivity contribution is 0.0204. The van der Waals surface area contributed by atoms with E-state index in [0.29, 0.717) is 31.5 Å². The minimum absolute atomic E-state index is 0.0583. The first kappa shape index (κ1) is 27.7. The summed E-state index contributed by atoms with van der Waals surface area (Å²) in [5.74, 6) is -0.172. The molecule has 7 nitrogen and oxygen atoms in total. The maximum Gasteiger partial charge on any atom is 0.410 e. The minimum atomic E-state index is -0.530. The van der Waals surface area contributed by atoms with E-state index >= 15 is 4.39 Å². The first-order chi connectivity index (χ1) is 20.2. The van der Waals surface area contributed by atoms with Crippen molar-refractivity contribution in [2.75, 3.05) is 13.1 Å².